The predicted molar refractivity (Wildman–Crippen MR) is 78.1 cm³/mol. The zero-order chi connectivity index (χ0) is 14.2. The monoisotopic (exact) mass is 281 g/mol. The average molecular weight is 281 g/mol. The summed E-state index contributed by atoms with van der Waals surface area (Å²) in [6, 6.07) is -0.0210. The van der Waals surface area contributed by atoms with E-state index in [1.165, 1.54) is 0 Å². The van der Waals surface area contributed by atoms with Gasteiger partial charge in [-0.05, 0) is 40.5 Å². The Morgan fingerprint density at radius 2 is 2.26 bits per heavy atom. The first-order valence-corrected chi connectivity index (χ1v) is 7.66. The minimum atomic E-state index is -0.415. The molecule has 0 aromatic carbocycles. The Hall–Kier alpha value is -0.940. The summed E-state index contributed by atoms with van der Waals surface area (Å²) < 4.78 is 0. The van der Waals surface area contributed by atoms with Crippen molar-refractivity contribution in [3.63, 3.8) is 0 Å². The number of nitrogens with two attached hydrogens (primary N) is 1. The maximum atomic E-state index is 12.5. The molecule has 3 atom stereocenters. The molecule has 1 aromatic rings. The van der Waals surface area contributed by atoms with Crippen LogP contribution in [0.2, 0.25) is 0 Å². The number of amides is 1. The maximum Gasteiger partial charge on any atom is 0.228 e. The summed E-state index contributed by atoms with van der Waals surface area (Å²) in [5, 5.41) is 4.15. The highest BCUT2D eigenvalue weighted by Gasteiger charge is 2.43. The summed E-state index contributed by atoms with van der Waals surface area (Å²) in [4.78, 5) is 18.0. The lowest BCUT2D eigenvalue weighted by Gasteiger charge is -2.29. The summed E-state index contributed by atoms with van der Waals surface area (Å²) >= 11 is 1.65. The van der Waals surface area contributed by atoms with E-state index < -0.39 is 5.41 Å². The summed E-state index contributed by atoms with van der Waals surface area (Å²) in [6.07, 6.45) is 2.86. The van der Waals surface area contributed by atoms with Crippen LogP contribution in [0.4, 0.5) is 0 Å². The van der Waals surface area contributed by atoms with Crippen LogP contribution in [0, 0.1) is 19.3 Å². The van der Waals surface area contributed by atoms with Gasteiger partial charge in [0, 0.05) is 10.9 Å². The number of rotatable bonds is 3. The summed E-state index contributed by atoms with van der Waals surface area (Å²) in [5.74, 6) is 0.0791. The van der Waals surface area contributed by atoms with Gasteiger partial charge in [0.1, 0.15) is 0 Å². The average Bonchev–Trinajstić information content (AvgIpc) is 2.83. The summed E-state index contributed by atoms with van der Waals surface area (Å²) in [7, 11) is 0. The number of thiazole rings is 1. The van der Waals surface area contributed by atoms with E-state index in [0.717, 1.165) is 34.8 Å². The molecular weight excluding hydrogens is 258 g/mol. The number of hydrogen-bond acceptors (Lipinski definition) is 4. The fraction of sp³-hybridized carbons (Fsp3) is 0.714. The second-order valence-corrected chi connectivity index (χ2v) is 7.03. The molecule has 1 saturated carbocycles. The Morgan fingerprint density at radius 1 is 1.58 bits per heavy atom. The highest BCUT2D eigenvalue weighted by molar-refractivity contribution is 7.11. The van der Waals surface area contributed by atoms with Gasteiger partial charge < -0.3 is 11.1 Å². The number of aromatic nitrogens is 1. The lowest BCUT2D eigenvalue weighted by atomic mass is 9.84. The molecule has 1 aliphatic carbocycles. The van der Waals surface area contributed by atoms with Crippen LogP contribution < -0.4 is 11.1 Å². The van der Waals surface area contributed by atoms with E-state index in [4.69, 9.17) is 5.73 Å². The van der Waals surface area contributed by atoms with Gasteiger partial charge in [0.25, 0.3) is 0 Å². The first-order valence-electron chi connectivity index (χ1n) is 6.85. The molecule has 0 aliphatic heterocycles. The van der Waals surface area contributed by atoms with Crippen molar-refractivity contribution in [2.24, 2.45) is 11.1 Å². The number of carbonyl (C=O) groups is 1. The molecule has 3 unspecified atom stereocenters. The normalized spacial score (nSPS) is 28.4. The molecule has 4 nitrogen and oxygen atoms in total. The van der Waals surface area contributed by atoms with Gasteiger partial charge in [-0.25, -0.2) is 4.98 Å². The van der Waals surface area contributed by atoms with Gasteiger partial charge in [-0.3, -0.25) is 4.79 Å². The molecule has 19 heavy (non-hydrogen) atoms. The van der Waals surface area contributed by atoms with E-state index in [2.05, 4.69) is 10.3 Å². The van der Waals surface area contributed by atoms with E-state index in [1.54, 1.807) is 11.3 Å². The number of nitrogens with zero attached hydrogens (tertiary/aromatic N) is 1. The van der Waals surface area contributed by atoms with Crippen molar-refractivity contribution in [1.29, 1.82) is 0 Å². The topological polar surface area (TPSA) is 68.0 Å². The third-order valence-corrected chi connectivity index (χ3v) is 5.48. The maximum absolute atomic E-state index is 12.5. The van der Waals surface area contributed by atoms with Crippen molar-refractivity contribution in [3.8, 4) is 0 Å². The van der Waals surface area contributed by atoms with Gasteiger partial charge in [-0.15, -0.1) is 11.3 Å². The van der Waals surface area contributed by atoms with Crippen LogP contribution in [-0.4, -0.2) is 16.9 Å². The molecule has 1 amide bonds. The van der Waals surface area contributed by atoms with E-state index in [9.17, 15) is 4.79 Å². The standard InChI is InChI=1S/C14H23N3OS/c1-8-12(19-10(3)16-8)9(2)17-13(18)14(4)7-5-6-11(14)15/h9,11H,5-7,15H2,1-4H3,(H,17,18). The van der Waals surface area contributed by atoms with Crippen LogP contribution in [0.3, 0.4) is 0 Å². The molecule has 1 aliphatic rings. The Kier molecular flexibility index (Phi) is 3.97. The van der Waals surface area contributed by atoms with Gasteiger partial charge in [-0.1, -0.05) is 6.42 Å². The van der Waals surface area contributed by atoms with Crippen LogP contribution in [0.15, 0.2) is 0 Å². The molecule has 0 saturated heterocycles. The Balaban J connectivity index is 2.09. The highest BCUT2D eigenvalue weighted by Crippen LogP contribution is 2.37. The Morgan fingerprint density at radius 3 is 2.74 bits per heavy atom. The minimum Gasteiger partial charge on any atom is -0.348 e. The zero-order valence-electron chi connectivity index (χ0n) is 12.1. The quantitative estimate of drug-likeness (QED) is 0.894. The molecule has 1 aromatic heterocycles. The lowest BCUT2D eigenvalue weighted by molar-refractivity contribution is -0.131. The van der Waals surface area contributed by atoms with Gasteiger partial charge in [0.2, 0.25) is 5.91 Å². The van der Waals surface area contributed by atoms with Crippen molar-refractivity contribution < 1.29 is 4.79 Å². The van der Waals surface area contributed by atoms with Crippen LogP contribution in [-0.2, 0) is 4.79 Å². The van der Waals surface area contributed by atoms with Gasteiger partial charge >= 0.3 is 0 Å². The first-order chi connectivity index (χ1) is 8.84. The predicted octanol–water partition coefficient (Wildman–Crippen LogP) is 2.45. The van der Waals surface area contributed by atoms with E-state index in [-0.39, 0.29) is 18.0 Å². The molecule has 0 radical (unpaired) electrons. The fourth-order valence-corrected chi connectivity index (χ4v) is 3.78. The molecule has 2 rings (SSSR count). The van der Waals surface area contributed by atoms with Crippen LogP contribution in [0.25, 0.3) is 0 Å². The molecule has 1 fully saturated rings. The fourth-order valence-electron chi connectivity index (χ4n) is 2.85. The molecule has 3 N–H and O–H groups in total. The highest BCUT2D eigenvalue weighted by atomic mass is 32.1. The zero-order valence-corrected chi connectivity index (χ0v) is 12.9. The van der Waals surface area contributed by atoms with Crippen molar-refractivity contribution >= 4 is 17.2 Å². The summed E-state index contributed by atoms with van der Waals surface area (Å²) in [5.41, 5.74) is 6.69. The molecular formula is C14H23N3OS. The smallest absolute Gasteiger partial charge is 0.228 e. The van der Waals surface area contributed by atoms with E-state index in [1.807, 2.05) is 27.7 Å². The second-order valence-electron chi connectivity index (χ2n) is 5.79. The van der Waals surface area contributed by atoms with Gasteiger partial charge in [0.05, 0.1) is 22.2 Å². The molecule has 106 valence electrons. The number of hydrogen-bond donors (Lipinski definition) is 2. The molecule has 0 bridgehead atoms. The van der Waals surface area contributed by atoms with Crippen molar-refractivity contribution in [2.75, 3.05) is 0 Å². The Bertz CT molecular complexity index is 485. The first kappa shape index (κ1) is 14.5. The van der Waals surface area contributed by atoms with Crippen molar-refractivity contribution in [3.05, 3.63) is 15.6 Å². The minimum absolute atomic E-state index is 0.00308. The number of carbonyl (C=O) groups excluding carboxylic acids is 1. The van der Waals surface area contributed by atoms with Crippen molar-refractivity contribution in [2.45, 2.75) is 59.0 Å². The number of aryl methyl sites for hydroxylation is 2. The SMILES string of the molecule is Cc1nc(C)c(C(C)NC(=O)C2(C)CCCC2N)s1. The molecule has 1 heterocycles. The molecule has 0 spiro atoms. The third-order valence-electron chi connectivity index (χ3n) is 4.23. The largest absolute Gasteiger partial charge is 0.348 e. The second kappa shape index (κ2) is 5.21. The lowest BCUT2D eigenvalue weighted by Crippen LogP contribution is -2.47. The van der Waals surface area contributed by atoms with Crippen LogP contribution in [0.5, 0.6) is 0 Å². The van der Waals surface area contributed by atoms with Crippen LogP contribution in [0.1, 0.15) is 54.7 Å². The number of nitrogens with one attached hydrogen (secondary N) is 1. The molecule has 5 heteroatoms. The van der Waals surface area contributed by atoms with E-state index >= 15 is 0 Å². The van der Waals surface area contributed by atoms with E-state index in [0.29, 0.717) is 0 Å². The third kappa shape index (κ3) is 2.67. The van der Waals surface area contributed by atoms with Crippen molar-refractivity contribution in [1.82, 2.24) is 10.3 Å². The van der Waals surface area contributed by atoms with Gasteiger partial charge in [0.15, 0.2) is 0 Å². The van der Waals surface area contributed by atoms with Gasteiger partial charge in [-0.2, -0.15) is 0 Å². The Labute approximate surface area is 118 Å². The summed E-state index contributed by atoms with van der Waals surface area (Å²) in [6.45, 7) is 7.98. The van der Waals surface area contributed by atoms with Crippen LogP contribution >= 0.6 is 11.3 Å².